The number of hydrogen-bond acceptors (Lipinski definition) is 4. The smallest absolute Gasteiger partial charge is 0.277 e. The van der Waals surface area contributed by atoms with Crippen LogP contribution in [-0.2, 0) is 4.84 Å². The molecule has 0 radical (unpaired) electrons. The van der Waals surface area contributed by atoms with Crippen LogP contribution in [-0.4, -0.2) is 23.0 Å². The summed E-state index contributed by atoms with van der Waals surface area (Å²) in [5, 5.41) is 0. The van der Waals surface area contributed by atoms with E-state index < -0.39 is 0 Å². The molecule has 0 atom stereocenters. The zero-order valence-electron chi connectivity index (χ0n) is 8.10. The quantitative estimate of drug-likeness (QED) is 0.737. The molecule has 1 N–H and O–H groups in total. The standard InChI is InChI=1S/C10H9N3O2/c1-15-13-10(14)7-3-2-4-8-9(7)12-6-5-11-8/h2-6H,1H3,(H,13,14). The summed E-state index contributed by atoms with van der Waals surface area (Å²) in [5.74, 6) is -0.330. The number of fused-ring (bicyclic) bond motifs is 1. The van der Waals surface area contributed by atoms with Gasteiger partial charge in [0, 0.05) is 12.4 Å². The summed E-state index contributed by atoms with van der Waals surface area (Å²) >= 11 is 0. The molecule has 0 bridgehead atoms. The first-order valence-electron chi connectivity index (χ1n) is 4.36. The largest absolute Gasteiger partial charge is 0.277 e. The summed E-state index contributed by atoms with van der Waals surface area (Å²) in [4.78, 5) is 24.3. The zero-order valence-corrected chi connectivity index (χ0v) is 8.10. The van der Waals surface area contributed by atoms with Crippen molar-refractivity contribution >= 4 is 16.9 Å². The summed E-state index contributed by atoms with van der Waals surface area (Å²) in [6.07, 6.45) is 3.13. The van der Waals surface area contributed by atoms with Crippen molar-refractivity contribution in [1.29, 1.82) is 0 Å². The van der Waals surface area contributed by atoms with Gasteiger partial charge in [0.2, 0.25) is 0 Å². The lowest BCUT2D eigenvalue weighted by Gasteiger charge is -2.04. The van der Waals surface area contributed by atoms with E-state index in [0.717, 1.165) is 0 Å². The van der Waals surface area contributed by atoms with Gasteiger partial charge in [-0.3, -0.25) is 19.6 Å². The lowest BCUT2D eigenvalue weighted by Crippen LogP contribution is -2.22. The first kappa shape index (κ1) is 9.54. The average Bonchev–Trinajstić information content (AvgIpc) is 2.28. The Kier molecular flexibility index (Phi) is 2.55. The number of nitrogens with zero attached hydrogens (tertiary/aromatic N) is 2. The highest BCUT2D eigenvalue weighted by Gasteiger charge is 2.10. The third kappa shape index (κ3) is 1.77. The molecule has 0 saturated carbocycles. The van der Waals surface area contributed by atoms with Crippen molar-refractivity contribution < 1.29 is 9.63 Å². The van der Waals surface area contributed by atoms with E-state index in [0.29, 0.717) is 16.6 Å². The highest BCUT2D eigenvalue weighted by atomic mass is 16.6. The Hall–Kier alpha value is -2.01. The van der Waals surface area contributed by atoms with Gasteiger partial charge in [-0.25, -0.2) is 5.48 Å². The number of amides is 1. The Labute approximate surface area is 86.1 Å². The number of para-hydroxylation sites is 1. The first-order chi connectivity index (χ1) is 7.33. The lowest BCUT2D eigenvalue weighted by molar-refractivity contribution is 0.0539. The molecule has 5 heteroatoms. The Balaban J connectivity index is 2.56. The molecule has 5 nitrogen and oxygen atoms in total. The number of rotatable bonds is 2. The van der Waals surface area contributed by atoms with E-state index in [1.807, 2.05) is 0 Å². The molecular weight excluding hydrogens is 194 g/mol. The fourth-order valence-electron chi connectivity index (χ4n) is 1.32. The summed E-state index contributed by atoms with van der Waals surface area (Å²) < 4.78 is 0. The van der Waals surface area contributed by atoms with Gasteiger partial charge in [0.1, 0.15) is 5.52 Å². The summed E-state index contributed by atoms with van der Waals surface area (Å²) in [5.41, 5.74) is 3.94. The minimum absolute atomic E-state index is 0.330. The monoisotopic (exact) mass is 203 g/mol. The van der Waals surface area contributed by atoms with Crippen LogP contribution in [0.25, 0.3) is 11.0 Å². The number of nitrogens with one attached hydrogen (secondary N) is 1. The third-order valence-electron chi connectivity index (χ3n) is 1.94. The van der Waals surface area contributed by atoms with E-state index >= 15 is 0 Å². The number of aromatic nitrogens is 2. The highest BCUT2D eigenvalue weighted by Crippen LogP contribution is 2.13. The third-order valence-corrected chi connectivity index (χ3v) is 1.94. The van der Waals surface area contributed by atoms with E-state index in [-0.39, 0.29) is 5.91 Å². The Morgan fingerprint density at radius 1 is 1.33 bits per heavy atom. The van der Waals surface area contributed by atoms with Crippen LogP contribution < -0.4 is 5.48 Å². The fourth-order valence-corrected chi connectivity index (χ4v) is 1.32. The van der Waals surface area contributed by atoms with Crippen LogP contribution in [0.4, 0.5) is 0 Å². The van der Waals surface area contributed by atoms with Crippen molar-refractivity contribution in [3.05, 3.63) is 36.2 Å². The molecule has 15 heavy (non-hydrogen) atoms. The van der Waals surface area contributed by atoms with Gasteiger partial charge in [0.25, 0.3) is 5.91 Å². The Bertz CT molecular complexity index is 493. The summed E-state index contributed by atoms with van der Waals surface area (Å²) in [6, 6.07) is 5.22. The summed E-state index contributed by atoms with van der Waals surface area (Å²) in [6.45, 7) is 0. The number of benzene rings is 1. The normalized spacial score (nSPS) is 10.2. The number of hydroxylamine groups is 1. The van der Waals surface area contributed by atoms with Crippen LogP contribution in [0.5, 0.6) is 0 Å². The molecule has 0 spiro atoms. The predicted molar refractivity (Wildman–Crippen MR) is 54.0 cm³/mol. The highest BCUT2D eigenvalue weighted by molar-refractivity contribution is 6.04. The Morgan fingerprint density at radius 2 is 2.13 bits per heavy atom. The van der Waals surface area contributed by atoms with E-state index in [2.05, 4.69) is 20.3 Å². The molecule has 1 heterocycles. The van der Waals surface area contributed by atoms with Crippen LogP contribution in [0.15, 0.2) is 30.6 Å². The van der Waals surface area contributed by atoms with Crippen LogP contribution in [0.3, 0.4) is 0 Å². The molecule has 0 aliphatic heterocycles. The fraction of sp³-hybridized carbons (Fsp3) is 0.100. The average molecular weight is 203 g/mol. The maximum absolute atomic E-state index is 11.6. The Morgan fingerprint density at radius 3 is 2.93 bits per heavy atom. The molecule has 0 aliphatic rings. The molecule has 1 amide bonds. The van der Waals surface area contributed by atoms with Crippen LogP contribution in [0, 0.1) is 0 Å². The van der Waals surface area contributed by atoms with Crippen LogP contribution in [0.2, 0.25) is 0 Å². The van der Waals surface area contributed by atoms with E-state index in [9.17, 15) is 4.79 Å². The molecule has 0 aliphatic carbocycles. The van der Waals surface area contributed by atoms with Gasteiger partial charge in [-0.15, -0.1) is 0 Å². The van der Waals surface area contributed by atoms with Crippen LogP contribution >= 0.6 is 0 Å². The van der Waals surface area contributed by atoms with Gasteiger partial charge in [-0.2, -0.15) is 0 Å². The van der Waals surface area contributed by atoms with Crippen molar-refractivity contribution in [2.45, 2.75) is 0 Å². The number of carbonyl (C=O) groups excluding carboxylic acids is 1. The second kappa shape index (κ2) is 4.02. The topological polar surface area (TPSA) is 64.1 Å². The number of carbonyl (C=O) groups is 1. The summed E-state index contributed by atoms with van der Waals surface area (Å²) in [7, 11) is 1.38. The van der Waals surface area contributed by atoms with Gasteiger partial charge in [-0.05, 0) is 12.1 Å². The molecule has 1 aromatic heterocycles. The minimum Gasteiger partial charge on any atom is -0.277 e. The van der Waals surface area contributed by atoms with Crippen molar-refractivity contribution in [2.24, 2.45) is 0 Å². The molecule has 0 saturated heterocycles. The maximum atomic E-state index is 11.6. The molecule has 2 rings (SSSR count). The zero-order chi connectivity index (χ0) is 10.7. The van der Waals surface area contributed by atoms with Crippen LogP contribution in [0.1, 0.15) is 10.4 Å². The first-order valence-corrected chi connectivity index (χ1v) is 4.36. The number of hydrogen-bond donors (Lipinski definition) is 1. The van der Waals surface area contributed by atoms with Gasteiger partial charge in [0.05, 0.1) is 18.2 Å². The van der Waals surface area contributed by atoms with Gasteiger partial charge in [-0.1, -0.05) is 6.07 Å². The van der Waals surface area contributed by atoms with Crippen molar-refractivity contribution in [2.75, 3.05) is 7.11 Å². The minimum atomic E-state index is -0.330. The van der Waals surface area contributed by atoms with Gasteiger partial charge < -0.3 is 0 Å². The maximum Gasteiger partial charge on any atom is 0.277 e. The van der Waals surface area contributed by atoms with E-state index in [1.54, 1.807) is 30.6 Å². The molecule has 0 fully saturated rings. The van der Waals surface area contributed by atoms with Gasteiger partial charge >= 0.3 is 0 Å². The molecule has 0 unspecified atom stereocenters. The molecule has 76 valence electrons. The molecular formula is C10H9N3O2. The van der Waals surface area contributed by atoms with Crippen molar-refractivity contribution in [3.8, 4) is 0 Å². The van der Waals surface area contributed by atoms with Crippen molar-refractivity contribution in [1.82, 2.24) is 15.4 Å². The van der Waals surface area contributed by atoms with Gasteiger partial charge in [0.15, 0.2) is 0 Å². The second-order valence-electron chi connectivity index (χ2n) is 2.86. The molecule has 1 aromatic carbocycles. The molecule has 2 aromatic rings. The lowest BCUT2D eigenvalue weighted by atomic mass is 10.1. The SMILES string of the molecule is CONC(=O)c1cccc2nccnc12. The predicted octanol–water partition coefficient (Wildman–Crippen LogP) is 0.921. The van der Waals surface area contributed by atoms with E-state index in [4.69, 9.17) is 0 Å². The van der Waals surface area contributed by atoms with Crippen molar-refractivity contribution in [3.63, 3.8) is 0 Å². The van der Waals surface area contributed by atoms with E-state index in [1.165, 1.54) is 7.11 Å². The second-order valence-corrected chi connectivity index (χ2v) is 2.86.